The highest BCUT2D eigenvalue weighted by Crippen LogP contribution is 2.32. The topological polar surface area (TPSA) is 97.0 Å². The lowest BCUT2D eigenvalue weighted by atomic mass is 10.0. The third-order valence-electron chi connectivity index (χ3n) is 6.55. The zero-order valence-corrected chi connectivity index (χ0v) is 21.6. The highest BCUT2D eigenvalue weighted by molar-refractivity contribution is 5.99. The molecule has 0 bridgehead atoms. The number of hydrogen-bond acceptors (Lipinski definition) is 5. The summed E-state index contributed by atoms with van der Waals surface area (Å²) in [5, 5.41) is 12.7. The molecule has 3 aromatic rings. The van der Waals surface area contributed by atoms with Gasteiger partial charge in [0.05, 0.1) is 6.54 Å². The smallest absolute Gasteiger partial charge is 0.266 e. The fourth-order valence-corrected chi connectivity index (χ4v) is 4.57. The highest BCUT2D eigenvalue weighted by Gasteiger charge is 2.27. The van der Waals surface area contributed by atoms with E-state index < -0.39 is 6.10 Å². The number of nitrogens with zero attached hydrogens (tertiary/aromatic N) is 3. The molecular weight excluding hydrogens is 464 g/mol. The fourth-order valence-electron chi connectivity index (χ4n) is 4.57. The molecule has 0 spiro atoms. The molecule has 2 heterocycles. The van der Waals surface area contributed by atoms with Crippen molar-refractivity contribution in [2.45, 2.75) is 65.5 Å². The number of amides is 1. The van der Waals surface area contributed by atoms with E-state index in [1.54, 1.807) is 0 Å². The molecule has 37 heavy (non-hydrogen) atoms. The standard InChI is InChI=1S/C30H32N4O3/c1-4-5-6-10-13-26(37-25-15-14-20(2)16-21(25)3)30(36)33-27-17-28(35)34-19-24(22-11-8-7-9-12-22)23(18-31)29(34)32-27/h7-9,11-12,14-17,26H,4-6,10,13,19H2,1-3H3,(H,33,36). The van der Waals surface area contributed by atoms with Gasteiger partial charge in [0, 0.05) is 11.6 Å². The Balaban J connectivity index is 1.59. The van der Waals surface area contributed by atoms with E-state index in [1.165, 1.54) is 10.6 Å². The van der Waals surface area contributed by atoms with E-state index in [0.717, 1.165) is 47.9 Å². The van der Waals surface area contributed by atoms with E-state index in [4.69, 9.17) is 4.74 Å². The number of aryl methyl sites for hydroxylation is 2. The molecule has 7 nitrogen and oxygen atoms in total. The van der Waals surface area contributed by atoms with E-state index in [1.807, 2.05) is 62.4 Å². The fraction of sp³-hybridized carbons (Fsp3) is 0.333. The van der Waals surface area contributed by atoms with Crippen molar-refractivity contribution in [3.05, 3.63) is 87.5 Å². The second-order valence-corrected chi connectivity index (χ2v) is 9.43. The summed E-state index contributed by atoms with van der Waals surface area (Å²) in [6.07, 6.45) is 3.85. The molecule has 1 atom stereocenters. The Morgan fingerprint density at radius 3 is 2.62 bits per heavy atom. The summed E-state index contributed by atoms with van der Waals surface area (Å²) in [7, 11) is 0. The number of carbonyl (C=O) groups excluding carboxylic acids is 1. The first-order valence-electron chi connectivity index (χ1n) is 12.8. The van der Waals surface area contributed by atoms with Gasteiger partial charge in [-0.2, -0.15) is 5.26 Å². The number of aromatic nitrogens is 2. The molecular formula is C30H32N4O3. The third kappa shape index (κ3) is 5.97. The molecule has 0 saturated heterocycles. The van der Waals surface area contributed by atoms with Crippen molar-refractivity contribution in [3.63, 3.8) is 0 Å². The highest BCUT2D eigenvalue weighted by atomic mass is 16.5. The van der Waals surface area contributed by atoms with Crippen molar-refractivity contribution >= 4 is 22.9 Å². The molecule has 0 fully saturated rings. The lowest BCUT2D eigenvalue weighted by Crippen LogP contribution is -2.34. The van der Waals surface area contributed by atoms with Crippen LogP contribution < -0.4 is 15.6 Å². The number of hydrogen-bond donors (Lipinski definition) is 1. The Bertz CT molecular complexity index is 1420. The van der Waals surface area contributed by atoms with Crippen LogP contribution >= 0.6 is 0 Å². The number of unbranched alkanes of at least 4 members (excludes halogenated alkanes) is 3. The Labute approximate surface area is 217 Å². The van der Waals surface area contributed by atoms with Gasteiger partial charge in [0.1, 0.15) is 23.2 Å². The summed E-state index contributed by atoms with van der Waals surface area (Å²) >= 11 is 0. The normalized spacial score (nSPS) is 13.1. The number of nitrogens with one attached hydrogen (secondary N) is 1. The second kappa shape index (κ2) is 11.7. The van der Waals surface area contributed by atoms with Crippen LogP contribution in [0.25, 0.3) is 11.1 Å². The Hall–Kier alpha value is -4.18. The Morgan fingerprint density at radius 1 is 1.14 bits per heavy atom. The predicted molar refractivity (Wildman–Crippen MR) is 145 cm³/mol. The summed E-state index contributed by atoms with van der Waals surface area (Å²) in [4.78, 5) is 30.8. The molecule has 4 rings (SSSR count). The zero-order chi connectivity index (χ0) is 26.4. The summed E-state index contributed by atoms with van der Waals surface area (Å²) in [6, 6.07) is 18.8. The van der Waals surface area contributed by atoms with Crippen molar-refractivity contribution in [3.8, 4) is 11.8 Å². The van der Waals surface area contributed by atoms with E-state index in [2.05, 4.69) is 23.3 Å². The van der Waals surface area contributed by atoms with Gasteiger partial charge in [-0.05, 0) is 43.9 Å². The van der Waals surface area contributed by atoms with Gasteiger partial charge in [-0.3, -0.25) is 14.2 Å². The van der Waals surface area contributed by atoms with Crippen LogP contribution in [-0.4, -0.2) is 21.6 Å². The maximum Gasteiger partial charge on any atom is 0.266 e. The monoisotopic (exact) mass is 496 g/mol. The molecule has 1 aliphatic rings. The van der Waals surface area contributed by atoms with Gasteiger partial charge < -0.3 is 10.1 Å². The quantitative estimate of drug-likeness (QED) is 0.365. The summed E-state index contributed by atoms with van der Waals surface area (Å²) < 4.78 is 7.63. The van der Waals surface area contributed by atoms with Gasteiger partial charge in [0.15, 0.2) is 11.9 Å². The third-order valence-corrected chi connectivity index (χ3v) is 6.55. The van der Waals surface area contributed by atoms with Crippen molar-refractivity contribution in [2.24, 2.45) is 0 Å². The molecule has 0 radical (unpaired) electrons. The van der Waals surface area contributed by atoms with E-state index in [9.17, 15) is 14.9 Å². The largest absolute Gasteiger partial charge is 0.480 e. The Kier molecular flexibility index (Phi) is 8.19. The lowest BCUT2D eigenvalue weighted by molar-refractivity contribution is -0.123. The number of rotatable bonds is 10. The number of ether oxygens (including phenoxy) is 1. The minimum Gasteiger partial charge on any atom is -0.480 e. The molecule has 0 aliphatic carbocycles. The molecule has 1 aliphatic heterocycles. The van der Waals surface area contributed by atoms with Crippen LogP contribution in [0.5, 0.6) is 5.75 Å². The lowest BCUT2D eigenvalue weighted by Gasteiger charge is -2.20. The first-order valence-corrected chi connectivity index (χ1v) is 12.8. The number of allylic oxidation sites excluding steroid dienone is 2. The zero-order valence-electron chi connectivity index (χ0n) is 21.6. The minimum absolute atomic E-state index is 0.117. The van der Waals surface area contributed by atoms with Gasteiger partial charge in [-0.25, -0.2) is 4.98 Å². The summed E-state index contributed by atoms with van der Waals surface area (Å²) in [6.45, 7) is 6.37. The first kappa shape index (κ1) is 25.9. The summed E-state index contributed by atoms with van der Waals surface area (Å²) in [5.41, 5.74) is 3.69. The number of benzene rings is 2. The van der Waals surface area contributed by atoms with Crippen LogP contribution in [-0.2, 0) is 11.3 Å². The van der Waals surface area contributed by atoms with Gasteiger partial charge in [-0.15, -0.1) is 0 Å². The van der Waals surface area contributed by atoms with Crippen LogP contribution in [0.4, 0.5) is 5.82 Å². The van der Waals surface area contributed by atoms with Crippen molar-refractivity contribution < 1.29 is 9.53 Å². The van der Waals surface area contributed by atoms with E-state index in [-0.39, 0.29) is 29.7 Å². The van der Waals surface area contributed by atoms with Crippen molar-refractivity contribution in [1.82, 2.24) is 9.55 Å². The number of carbonyl (C=O) groups is 1. The SMILES string of the molecule is CCCCCCC(Oc1ccc(C)cc1C)C(=O)Nc1cc(=O)n2c(n1)C(C#N)=C(c1ccccc1)C2. The minimum atomic E-state index is -0.734. The van der Waals surface area contributed by atoms with E-state index >= 15 is 0 Å². The predicted octanol–water partition coefficient (Wildman–Crippen LogP) is 5.66. The molecule has 1 amide bonds. The van der Waals surface area contributed by atoms with Crippen LogP contribution in [0.3, 0.4) is 0 Å². The van der Waals surface area contributed by atoms with Gasteiger partial charge >= 0.3 is 0 Å². The van der Waals surface area contributed by atoms with Crippen LogP contribution in [0, 0.1) is 25.2 Å². The second-order valence-electron chi connectivity index (χ2n) is 9.43. The molecule has 0 saturated carbocycles. The maximum atomic E-state index is 13.3. The molecule has 2 aromatic carbocycles. The Morgan fingerprint density at radius 2 is 1.92 bits per heavy atom. The van der Waals surface area contributed by atoms with Gasteiger partial charge in [0.25, 0.3) is 11.5 Å². The van der Waals surface area contributed by atoms with Gasteiger partial charge in [0.2, 0.25) is 0 Å². The average molecular weight is 497 g/mol. The molecule has 190 valence electrons. The molecule has 1 unspecified atom stereocenters. The maximum absolute atomic E-state index is 13.3. The summed E-state index contributed by atoms with van der Waals surface area (Å²) in [5.74, 6) is 0.674. The molecule has 1 N–H and O–H groups in total. The molecule has 7 heteroatoms. The van der Waals surface area contributed by atoms with Crippen molar-refractivity contribution in [1.29, 1.82) is 5.26 Å². The first-order chi connectivity index (χ1) is 17.9. The number of nitriles is 1. The van der Waals surface area contributed by atoms with Crippen molar-refractivity contribution in [2.75, 3.05) is 5.32 Å². The van der Waals surface area contributed by atoms with Crippen LogP contribution in [0.1, 0.15) is 61.5 Å². The number of fused-ring (bicyclic) bond motifs is 1. The van der Waals surface area contributed by atoms with Crippen LogP contribution in [0.15, 0.2) is 59.4 Å². The van der Waals surface area contributed by atoms with Gasteiger partial charge in [-0.1, -0.05) is 74.2 Å². The van der Waals surface area contributed by atoms with Crippen LogP contribution in [0.2, 0.25) is 0 Å². The average Bonchev–Trinajstić information content (AvgIpc) is 3.26. The number of anilines is 1. The van der Waals surface area contributed by atoms with E-state index in [0.29, 0.717) is 17.7 Å². The molecule has 1 aromatic heterocycles.